The van der Waals surface area contributed by atoms with Crippen molar-refractivity contribution in [3.63, 3.8) is 0 Å². The highest BCUT2D eigenvalue weighted by Crippen LogP contribution is 2.36. The Balaban J connectivity index is 2.16. The number of amides is 2. The van der Waals surface area contributed by atoms with E-state index in [0.717, 1.165) is 34.3 Å². The maximum Gasteiger partial charge on any atom is 0.273 e. The van der Waals surface area contributed by atoms with Gasteiger partial charge < -0.3 is 15.0 Å². The van der Waals surface area contributed by atoms with Crippen LogP contribution in [0.2, 0.25) is 5.02 Å². The molecule has 3 aromatic carbocycles. The summed E-state index contributed by atoms with van der Waals surface area (Å²) in [5.41, 5.74) is 1.59. The molecular formula is C32H39ClN4O7S. The van der Waals surface area contributed by atoms with E-state index in [4.69, 9.17) is 16.3 Å². The highest BCUT2D eigenvalue weighted by molar-refractivity contribution is 7.92. The smallest absolute Gasteiger partial charge is 0.273 e. The summed E-state index contributed by atoms with van der Waals surface area (Å²) in [5.74, 6) is -0.914. The molecule has 45 heavy (non-hydrogen) atoms. The minimum Gasteiger partial charge on any atom is -0.495 e. The maximum absolute atomic E-state index is 14.3. The number of ether oxygens (including phenoxy) is 1. The number of unbranched alkanes of at least 4 members (excludes halogenated alkanes) is 1. The number of benzene rings is 3. The number of hydrogen-bond acceptors (Lipinski definition) is 7. The van der Waals surface area contributed by atoms with E-state index < -0.39 is 44.0 Å². The molecular weight excluding hydrogens is 620 g/mol. The monoisotopic (exact) mass is 658 g/mol. The average molecular weight is 659 g/mol. The summed E-state index contributed by atoms with van der Waals surface area (Å²) in [7, 11) is -3.27. The molecule has 0 spiro atoms. The van der Waals surface area contributed by atoms with E-state index in [-0.39, 0.29) is 40.9 Å². The van der Waals surface area contributed by atoms with Crippen molar-refractivity contribution >= 4 is 44.8 Å². The number of nitrogens with one attached hydrogen (secondary N) is 1. The predicted octanol–water partition coefficient (Wildman–Crippen LogP) is 5.79. The van der Waals surface area contributed by atoms with Gasteiger partial charge in [-0.3, -0.25) is 24.0 Å². The molecule has 3 rings (SSSR count). The van der Waals surface area contributed by atoms with Gasteiger partial charge in [0.05, 0.1) is 22.6 Å². The number of anilines is 1. The molecule has 1 atom stereocenters. The molecule has 0 saturated heterocycles. The lowest BCUT2D eigenvalue weighted by Crippen LogP contribution is -2.52. The summed E-state index contributed by atoms with van der Waals surface area (Å²) in [6, 6.07) is 14.4. The molecule has 0 fully saturated rings. The van der Waals surface area contributed by atoms with Crippen molar-refractivity contribution < 1.29 is 27.7 Å². The van der Waals surface area contributed by atoms with Crippen molar-refractivity contribution in [1.29, 1.82) is 0 Å². The normalized spacial score (nSPS) is 11.9. The first kappa shape index (κ1) is 35.3. The number of nitro groups is 1. The molecule has 0 saturated carbocycles. The van der Waals surface area contributed by atoms with Crippen LogP contribution in [0.4, 0.5) is 11.4 Å². The molecule has 1 N–H and O–H groups in total. The third-order valence-electron chi connectivity index (χ3n) is 7.34. The Labute approximate surface area is 269 Å². The number of nitrogens with zero attached hydrogens (tertiary/aromatic N) is 3. The first-order valence-corrected chi connectivity index (χ1v) is 16.4. The van der Waals surface area contributed by atoms with Crippen LogP contribution in [0.3, 0.4) is 0 Å². The van der Waals surface area contributed by atoms with E-state index in [1.165, 1.54) is 49.3 Å². The van der Waals surface area contributed by atoms with Gasteiger partial charge in [0.25, 0.3) is 15.7 Å². The molecule has 0 aromatic heterocycles. The molecule has 11 nitrogen and oxygen atoms in total. The Morgan fingerprint density at radius 1 is 1.04 bits per heavy atom. The van der Waals surface area contributed by atoms with Gasteiger partial charge in [0, 0.05) is 29.7 Å². The zero-order chi connectivity index (χ0) is 33.3. The van der Waals surface area contributed by atoms with E-state index in [1.54, 1.807) is 6.92 Å². The molecule has 0 radical (unpaired) electrons. The Hall–Kier alpha value is -4.16. The predicted molar refractivity (Wildman–Crippen MR) is 174 cm³/mol. The van der Waals surface area contributed by atoms with Crippen LogP contribution in [0.15, 0.2) is 65.6 Å². The second-order valence-electron chi connectivity index (χ2n) is 10.6. The molecule has 242 valence electrons. The highest BCUT2D eigenvalue weighted by Gasteiger charge is 2.35. The zero-order valence-corrected chi connectivity index (χ0v) is 27.7. The standard InChI is InChI=1S/C32H39ClN4O7S/c1-6-8-17-34-32(39)27(7-2)35(20-24-12-9-22(3)10-13-24)31(38)21-36(29-18-25(33)14-16-30(29)44-5)45(42,43)26-15-11-23(4)28(19-26)37(40)41/h9-16,18-19,27H,6-8,17,20-21H2,1-5H3,(H,34,39). The SMILES string of the molecule is CCCCNC(=O)C(CC)N(Cc1ccc(C)cc1)C(=O)CN(c1cc(Cl)ccc1OC)S(=O)(=O)c1ccc(C)c([N+](=O)[O-])c1. The van der Waals surface area contributed by atoms with E-state index in [9.17, 15) is 28.1 Å². The van der Waals surface area contributed by atoms with Crippen LogP contribution in [-0.4, -0.2) is 56.3 Å². The van der Waals surface area contributed by atoms with Crippen LogP contribution in [0.5, 0.6) is 5.75 Å². The molecule has 0 aliphatic rings. The number of halogens is 1. The van der Waals surface area contributed by atoms with Crippen molar-refractivity contribution in [3.05, 3.63) is 92.5 Å². The van der Waals surface area contributed by atoms with Gasteiger partial charge in [0.2, 0.25) is 11.8 Å². The molecule has 2 amide bonds. The third kappa shape index (κ3) is 8.73. The lowest BCUT2D eigenvalue weighted by molar-refractivity contribution is -0.385. The summed E-state index contributed by atoms with van der Waals surface area (Å²) >= 11 is 6.28. The molecule has 0 aliphatic heterocycles. The third-order valence-corrected chi connectivity index (χ3v) is 9.33. The molecule has 3 aromatic rings. The van der Waals surface area contributed by atoms with Crippen LogP contribution < -0.4 is 14.4 Å². The van der Waals surface area contributed by atoms with Gasteiger partial charge in [-0.2, -0.15) is 0 Å². The topological polar surface area (TPSA) is 139 Å². The lowest BCUT2D eigenvalue weighted by atomic mass is 10.1. The van der Waals surface area contributed by atoms with Crippen LogP contribution in [0.25, 0.3) is 0 Å². The number of rotatable bonds is 15. The quantitative estimate of drug-likeness (QED) is 0.124. The fourth-order valence-corrected chi connectivity index (χ4v) is 6.36. The Morgan fingerprint density at radius 3 is 2.33 bits per heavy atom. The van der Waals surface area contributed by atoms with Crippen LogP contribution in [0, 0.1) is 24.0 Å². The van der Waals surface area contributed by atoms with E-state index in [0.29, 0.717) is 6.54 Å². The summed E-state index contributed by atoms with van der Waals surface area (Å²) in [5, 5.41) is 14.7. The van der Waals surface area contributed by atoms with Gasteiger partial charge in [-0.05, 0) is 56.5 Å². The molecule has 0 bridgehead atoms. The van der Waals surface area contributed by atoms with Gasteiger partial charge >= 0.3 is 0 Å². The Kier molecular flexibility index (Phi) is 12.3. The summed E-state index contributed by atoms with van der Waals surface area (Å²) in [6.45, 7) is 6.93. The van der Waals surface area contributed by atoms with Gasteiger partial charge in [0.1, 0.15) is 18.3 Å². The number of carbonyl (C=O) groups is 2. The number of carbonyl (C=O) groups excluding carboxylic acids is 2. The average Bonchev–Trinajstić information content (AvgIpc) is 3.00. The van der Waals surface area contributed by atoms with Crippen LogP contribution in [-0.2, 0) is 26.2 Å². The molecule has 1 unspecified atom stereocenters. The molecule has 0 heterocycles. The van der Waals surface area contributed by atoms with E-state index in [1.807, 2.05) is 38.1 Å². The van der Waals surface area contributed by atoms with Crippen molar-refractivity contribution in [3.8, 4) is 5.75 Å². The van der Waals surface area contributed by atoms with Crippen molar-refractivity contribution in [1.82, 2.24) is 10.2 Å². The lowest BCUT2D eigenvalue weighted by Gasteiger charge is -2.33. The van der Waals surface area contributed by atoms with Crippen molar-refractivity contribution in [2.75, 3.05) is 24.5 Å². The second kappa shape index (κ2) is 15.7. The molecule has 13 heteroatoms. The maximum atomic E-state index is 14.3. The van der Waals surface area contributed by atoms with Gasteiger partial charge in [-0.25, -0.2) is 8.42 Å². The number of nitro benzene ring substituents is 1. The van der Waals surface area contributed by atoms with Crippen molar-refractivity contribution in [2.24, 2.45) is 0 Å². The van der Waals surface area contributed by atoms with Gasteiger partial charge in [-0.1, -0.05) is 67.8 Å². The van der Waals surface area contributed by atoms with Gasteiger partial charge in [0.15, 0.2) is 0 Å². The fourth-order valence-electron chi connectivity index (χ4n) is 4.76. The van der Waals surface area contributed by atoms with E-state index in [2.05, 4.69) is 5.32 Å². The second-order valence-corrected chi connectivity index (χ2v) is 12.9. The summed E-state index contributed by atoms with van der Waals surface area (Å²) < 4.78 is 34.8. The van der Waals surface area contributed by atoms with E-state index >= 15 is 0 Å². The highest BCUT2D eigenvalue weighted by atomic mass is 35.5. The largest absolute Gasteiger partial charge is 0.495 e. The molecule has 0 aliphatic carbocycles. The van der Waals surface area contributed by atoms with Crippen molar-refractivity contribution in [2.45, 2.75) is 64.4 Å². The summed E-state index contributed by atoms with van der Waals surface area (Å²) in [6.07, 6.45) is 1.90. The Bertz CT molecular complexity index is 1630. The minimum atomic E-state index is -4.61. The summed E-state index contributed by atoms with van der Waals surface area (Å²) in [4.78, 5) is 39.6. The van der Waals surface area contributed by atoms with Crippen LogP contribution in [0.1, 0.15) is 49.8 Å². The first-order chi connectivity index (χ1) is 21.3. The fraction of sp³-hybridized carbons (Fsp3) is 0.375. The number of aryl methyl sites for hydroxylation is 2. The first-order valence-electron chi connectivity index (χ1n) is 14.6. The Morgan fingerprint density at radius 2 is 1.73 bits per heavy atom. The number of sulfonamides is 1. The van der Waals surface area contributed by atoms with Crippen LogP contribution >= 0.6 is 11.6 Å². The van der Waals surface area contributed by atoms with Gasteiger partial charge in [-0.15, -0.1) is 0 Å². The minimum absolute atomic E-state index is 0.0371. The number of hydrogen-bond donors (Lipinski definition) is 1. The zero-order valence-electron chi connectivity index (χ0n) is 26.1. The number of methoxy groups -OCH3 is 1.